The lowest BCUT2D eigenvalue weighted by molar-refractivity contribution is -0.274. The van der Waals surface area contributed by atoms with Crippen LogP contribution in [0.2, 0.25) is 0 Å². The highest BCUT2D eigenvalue weighted by molar-refractivity contribution is 7.89. The van der Waals surface area contributed by atoms with Gasteiger partial charge in [-0.3, -0.25) is 0 Å². The molecule has 4 atom stereocenters. The van der Waals surface area contributed by atoms with Crippen LogP contribution in [-0.2, 0) is 21.4 Å². The Kier molecular flexibility index (Phi) is 7.14. The molecule has 14 heteroatoms. The first-order chi connectivity index (χ1) is 20.5. The van der Waals surface area contributed by atoms with E-state index in [0.29, 0.717) is 34.4 Å². The molecule has 3 fully saturated rings. The molecule has 0 aliphatic heterocycles. The first-order valence-corrected chi connectivity index (χ1v) is 16.5. The summed E-state index contributed by atoms with van der Waals surface area (Å²) >= 11 is 1.41. The molecule has 7 rings (SSSR count). The van der Waals surface area contributed by atoms with E-state index >= 15 is 0 Å². The summed E-state index contributed by atoms with van der Waals surface area (Å²) in [4.78, 5) is 4.72. The Morgan fingerprint density at radius 1 is 1.07 bits per heavy atom. The molecular weight excluding hydrogens is 605 g/mol. The monoisotopic (exact) mass is 634 g/mol. The number of hydrogen-bond acceptors (Lipinski definition) is 9. The van der Waals surface area contributed by atoms with Crippen molar-refractivity contribution in [2.75, 3.05) is 5.32 Å². The number of nitrogens with two attached hydrogens (primary N) is 1. The Morgan fingerprint density at radius 2 is 1.81 bits per heavy atom. The predicted molar refractivity (Wildman–Crippen MR) is 153 cm³/mol. The minimum atomic E-state index is -4.83. The first kappa shape index (κ1) is 28.6. The van der Waals surface area contributed by atoms with Gasteiger partial charge in [0, 0.05) is 23.1 Å². The Balaban J connectivity index is 1.05. The number of alkyl halides is 3. The quantitative estimate of drug-likeness (QED) is 0.212. The van der Waals surface area contributed by atoms with Crippen molar-refractivity contribution in [2.24, 2.45) is 17.0 Å². The van der Waals surface area contributed by atoms with Crippen LogP contribution in [0.15, 0.2) is 51.9 Å². The summed E-state index contributed by atoms with van der Waals surface area (Å²) in [6.45, 7) is 0.192. The second kappa shape index (κ2) is 10.8. The van der Waals surface area contributed by atoms with Gasteiger partial charge in [0.05, 0.1) is 27.8 Å². The molecule has 3 aliphatic carbocycles. The van der Waals surface area contributed by atoms with Crippen molar-refractivity contribution in [3.05, 3.63) is 53.8 Å². The molecule has 2 bridgehead atoms. The molecular formula is C29H29F3N4O5S2. The predicted octanol–water partition coefficient (Wildman–Crippen LogP) is 6.56. The maximum atomic E-state index is 13.1. The number of hydrogen-bond donors (Lipinski definition) is 2. The van der Waals surface area contributed by atoms with E-state index in [9.17, 15) is 21.6 Å². The lowest BCUT2D eigenvalue weighted by Crippen LogP contribution is -2.39. The van der Waals surface area contributed by atoms with Gasteiger partial charge in [0.1, 0.15) is 17.2 Å². The molecule has 2 heterocycles. The van der Waals surface area contributed by atoms with Crippen molar-refractivity contribution in [3.8, 4) is 17.0 Å². The molecule has 0 saturated heterocycles. The van der Waals surface area contributed by atoms with E-state index in [0.717, 1.165) is 48.4 Å². The van der Waals surface area contributed by atoms with Gasteiger partial charge in [-0.15, -0.1) is 13.2 Å². The second-order valence-electron chi connectivity index (χ2n) is 11.6. The fourth-order valence-electron chi connectivity index (χ4n) is 6.55. The highest BCUT2D eigenvalue weighted by Crippen LogP contribution is 2.48. The zero-order valence-electron chi connectivity index (χ0n) is 22.8. The molecule has 2 aromatic carbocycles. The number of nitrogens with zero attached hydrogens (tertiary/aromatic N) is 2. The van der Waals surface area contributed by atoms with Gasteiger partial charge < -0.3 is 19.3 Å². The summed E-state index contributed by atoms with van der Waals surface area (Å²) < 4.78 is 80.0. The number of rotatable bonds is 9. The molecule has 0 amide bonds. The van der Waals surface area contributed by atoms with Gasteiger partial charge in [0.15, 0.2) is 5.13 Å². The highest BCUT2D eigenvalue weighted by atomic mass is 32.2. The van der Waals surface area contributed by atoms with Gasteiger partial charge in [0.2, 0.25) is 10.0 Å². The van der Waals surface area contributed by atoms with E-state index in [4.69, 9.17) is 14.4 Å². The summed E-state index contributed by atoms with van der Waals surface area (Å²) in [5.74, 6) is 1.27. The van der Waals surface area contributed by atoms with Crippen molar-refractivity contribution < 1.29 is 35.6 Å². The number of benzene rings is 2. The van der Waals surface area contributed by atoms with Crippen molar-refractivity contribution in [1.29, 1.82) is 0 Å². The number of ether oxygens (including phenoxy) is 2. The number of halogens is 3. The van der Waals surface area contributed by atoms with Gasteiger partial charge in [-0.05, 0) is 80.7 Å². The standard InChI is InChI=1S/C29H29F3N4O5S2/c30-29(31,32)40-23-4-2-1-3-20(23)26-21(27(41-36-26)15-5-6-15)14-39-18-11-16-7-8-17(12-18)25(16)35-28-34-22-10-9-19(43(33,37)38)13-24(22)42-28/h1-4,9-10,13,15-18,25H,5-8,11-12,14H2,(H,34,35)(H2,33,37,38)/t16-,17+,18+,25-. The minimum absolute atomic E-state index is 0.0142. The molecule has 3 N–H and O–H groups in total. The summed E-state index contributed by atoms with van der Waals surface area (Å²) in [5, 5.41) is 13.8. The van der Waals surface area contributed by atoms with Crippen LogP contribution in [0.1, 0.15) is 55.8 Å². The average Bonchev–Trinajstić information content (AvgIpc) is 3.50. The normalized spacial score (nSPS) is 24.0. The van der Waals surface area contributed by atoms with E-state index in [-0.39, 0.29) is 40.9 Å². The van der Waals surface area contributed by atoms with Gasteiger partial charge in [-0.2, -0.15) is 0 Å². The van der Waals surface area contributed by atoms with Crippen LogP contribution in [0, 0.1) is 11.8 Å². The minimum Gasteiger partial charge on any atom is -0.405 e. The van der Waals surface area contributed by atoms with Crippen molar-refractivity contribution in [3.63, 3.8) is 0 Å². The van der Waals surface area contributed by atoms with Crippen LogP contribution in [0.25, 0.3) is 21.5 Å². The number of sulfonamides is 1. The number of fused-ring (bicyclic) bond motifs is 3. The molecule has 9 nitrogen and oxygen atoms in total. The maximum Gasteiger partial charge on any atom is 0.573 e. The third-order valence-corrected chi connectivity index (χ3v) is 10.5. The fraction of sp³-hybridized carbons (Fsp3) is 0.448. The van der Waals surface area contributed by atoms with Crippen LogP contribution in [0.4, 0.5) is 18.3 Å². The molecule has 3 aliphatic rings. The lowest BCUT2D eigenvalue weighted by atomic mass is 9.82. The summed E-state index contributed by atoms with van der Waals surface area (Å²) in [6, 6.07) is 10.9. The fourth-order valence-corrected chi connectivity index (χ4v) is 8.11. The van der Waals surface area contributed by atoms with Crippen LogP contribution >= 0.6 is 11.3 Å². The van der Waals surface area contributed by atoms with Crippen LogP contribution < -0.4 is 15.2 Å². The number of para-hydroxylation sites is 1. The van der Waals surface area contributed by atoms with Gasteiger partial charge in [-0.25, -0.2) is 18.5 Å². The van der Waals surface area contributed by atoms with E-state index in [2.05, 4.69) is 20.2 Å². The number of nitrogens with one attached hydrogen (secondary N) is 1. The Bertz CT molecular complexity index is 1760. The molecule has 3 saturated carbocycles. The summed E-state index contributed by atoms with van der Waals surface area (Å²) in [6.07, 6.45) is 0.814. The van der Waals surface area contributed by atoms with Gasteiger partial charge in [-0.1, -0.05) is 28.6 Å². The second-order valence-corrected chi connectivity index (χ2v) is 14.1. The summed E-state index contributed by atoms with van der Waals surface area (Å²) in [7, 11) is -3.80. The van der Waals surface area contributed by atoms with E-state index in [1.54, 1.807) is 24.3 Å². The van der Waals surface area contributed by atoms with Crippen molar-refractivity contribution in [1.82, 2.24) is 10.1 Å². The molecule has 2 aromatic heterocycles. The number of anilines is 1. The molecule has 4 aromatic rings. The van der Waals surface area contributed by atoms with Crippen LogP contribution in [0.5, 0.6) is 5.75 Å². The molecule has 228 valence electrons. The van der Waals surface area contributed by atoms with Crippen LogP contribution in [-0.4, -0.2) is 37.1 Å². The molecule has 0 unspecified atom stereocenters. The Hall–Kier alpha value is -3.20. The zero-order chi connectivity index (χ0) is 29.9. The smallest absolute Gasteiger partial charge is 0.405 e. The zero-order valence-corrected chi connectivity index (χ0v) is 24.5. The number of primary sulfonamides is 1. The Morgan fingerprint density at radius 3 is 2.51 bits per heavy atom. The van der Waals surface area contributed by atoms with E-state index in [1.807, 2.05) is 0 Å². The number of aromatic nitrogens is 2. The third kappa shape index (κ3) is 5.97. The highest BCUT2D eigenvalue weighted by Gasteiger charge is 2.44. The molecule has 0 radical (unpaired) electrons. The molecule has 0 spiro atoms. The van der Waals surface area contributed by atoms with Gasteiger partial charge >= 0.3 is 6.36 Å². The van der Waals surface area contributed by atoms with Crippen molar-refractivity contribution in [2.45, 2.75) is 74.5 Å². The largest absolute Gasteiger partial charge is 0.573 e. The number of thiazole rings is 1. The van der Waals surface area contributed by atoms with E-state index < -0.39 is 16.4 Å². The summed E-state index contributed by atoms with van der Waals surface area (Å²) in [5.41, 5.74) is 1.93. The SMILES string of the molecule is NS(=O)(=O)c1ccc2nc(N[C@@H]3[C@@H]4CC[C@H]3C[C@@H](OCc3c(-c5ccccc5OC(F)(F)F)noc3C3CC3)C4)sc2c1. The van der Waals surface area contributed by atoms with E-state index in [1.165, 1.54) is 29.5 Å². The maximum absolute atomic E-state index is 13.1. The third-order valence-electron chi connectivity index (χ3n) is 8.63. The lowest BCUT2D eigenvalue weighted by Gasteiger charge is -2.35. The topological polar surface area (TPSA) is 130 Å². The van der Waals surface area contributed by atoms with Crippen molar-refractivity contribution >= 4 is 36.7 Å². The molecule has 43 heavy (non-hydrogen) atoms. The van der Waals surface area contributed by atoms with Gasteiger partial charge in [0.25, 0.3) is 0 Å². The Labute approximate surface area is 249 Å². The van der Waals surface area contributed by atoms with Crippen LogP contribution in [0.3, 0.4) is 0 Å². The average molecular weight is 635 g/mol. The first-order valence-electron chi connectivity index (χ1n) is 14.2.